The number of sulfonamides is 2. The van der Waals surface area contributed by atoms with Gasteiger partial charge in [-0.05, 0) is 77.7 Å². The van der Waals surface area contributed by atoms with Crippen LogP contribution < -0.4 is 25.0 Å². The second-order valence-electron chi connectivity index (χ2n) is 12.5. The van der Waals surface area contributed by atoms with E-state index in [1.54, 1.807) is 6.07 Å². The van der Waals surface area contributed by atoms with Gasteiger partial charge >= 0.3 is 0 Å². The maximum absolute atomic E-state index is 14.2. The van der Waals surface area contributed by atoms with Gasteiger partial charge in [-0.2, -0.15) is 0 Å². The highest BCUT2D eigenvalue weighted by atomic mass is 79.9. The number of nitrogens with two attached hydrogens (primary N) is 1. The number of amides is 1. The first-order chi connectivity index (χ1) is 23.6. The first-order valence-corrected chi connectivity index (χ1v) is 20.4. The molecular weight excluding hydrogens is 760 g/mol. The third kappa shape index (κ3) is 9.77. The molecule has 4 heterocycles. The number of aromatic nitrogens is 4. The topological polar surface area (TPSA) is 193 Å². The summed E-state index contributed by atoms with van der Waals surface area (Å²) in [4.78, 5) is 32.3. The molecule has 19 heteroatoms. The highest BCUT2D eigenvalue weighted by molar-refractivity contribution is 9.10. The average Bonchev–Trinajstić information content (AvgIpc) is 3.06. The predicted molar refractivity (Wildman–Crippen MR) is 191 cm³/mol. The molecule has 1 amide bonds. The number of halogens is 3. The largest absolute Gasteiger partial charge is 0.366 e. The summed E-state index contributed by atoms with van der Waals surface area (Å²) in [5, 5.41) is 1.15. The van der Waals surface area contributed by atoms with E-state index < -0.39 is 31.8 Å². The van der Waals surface area contributed by atoms with E-state index in [9.17, 15) is 30.4 Å². The fourth-order valence-corrected chi connectivity index (χ4v) is 7.59. The molecule has 4 N–H and O–H groups in total. The Kier molecular flexibility index (Phi) is 11.8. The number of nitrogens with zero attached hydrogens (tertiary/aromatic N) is 6. The van der Waals surface area contributed by atoms with Gasteiger partial charge in [0.1, 0.15) is 35.9 Å². The SMILES string of the molecule is CS(=O)(=O)NCC1CCCN(c2ncnc3cc(Br)c(F)cc23)C1.CS(=O)(=O)NCC1CCCN(c2ncnc3cc(C(N)=O)c(F)cc23)C1. The summed E-state index contributed by atoms with van der Waals surface area (Å²) in [6.45, 7) is 3.54. The number of piperidine rings is 2. The molecule has 4 aromatic rings. The third-order valence-electron chi connectivity index (χ3n) is 8.53. The molecule has 2 fully saturated rings. The lowest BCUT2D eigenvalue weighted by molar-refractivity contribution is 0.0996. The van der Waals surface area contributed by atoms with Crippen molar-refractivity contribution in [3.8, 4) is 0 Å². The van der Waals surface area contributed by atoms with Gasteiger partial charge in [-0.3, -0.25) is 4.79 Å². The van der Waals surface area contributed by atoms with E-state index in [4.69, 9.17) is 5.73 Å². The van der Waals surface area contributed by atoms with Crippen LogP contribution >= 0.6 is 15.9 Å². The lowest BCUT2D eigenvalue weighted by Crippen LogP contribution is -2.41. The van der Waals surface area contributed by atoms with Gasteiger partial charge in [0.15, 0.2) is 0 Å². The molecule has 0 bridgehead atoms. The number of benzene rings is 2. The van der Waals surface area contributed by atoms with Crippen LogP contribution in [0.25, 0.3) is 21.8 Å². The highest BCUT2D eigenvalue weighted by Crippen LogP contribution is 2.31. The third-order valence-corrected chi connectivity index (χ3v) is 10.5. The molecule has 0 saturated carbocycles. The van der Waals surface area contributed by atoms with Crippen molar-refractivity contribution in [3.05, 3.63) is 58.6 Å². The molecule has 0 spiro atoms. The average molecular weight is 799 g/mol. The molecule has 14 nitrogen and oxygen atoms in total. The van der Waals surface area contributed by atoms with Crippen LogP contribution in [0.5, 0.6) is 0 Å². The van der Waals surface area contributed by atoms with Crippen LogP contribution in [-0.2, 0) is 20.0 Å². The molecule has 50 heavy (non-hydrogen) atoms. The minimum atomic E-state index is -3.25. The number of anilines is 2. The van der Waals surface area contributed by atoms with Crippen molar-refractivity contribution in [2.75, 3.05) is 61.6 Å². The minimum absolute atomic E-state index is 0.123. The van der Waals surface area contributed by atoms with Crippen LogP contribution in [0.3, 0.4) is 0 Å². The van der Waals surface area contributed by atoms with E-state index >= 15 is 0 Å². The Labute approximate surface area is 297 Å². The molecule has 6 rings (SSSR count). The van der Waals surface area contributed by atoms with Crippen molar-refractivity contribution < 1.29 is 30.4 Å². The number of carbonyl (C=O) groups is 1. The molecule has 2 aliphatic rings. The molecule has 2 saturated heterocycles. The zero-order chi connectivity index (χ0) is 36.2. The van der Waals surface area contributed by atoms with Gasteiger partial charge in [-0.25, -0.2) is 55.0 Å². The standard InChI is InChI=1S/C16H20FN5O3S.C15H18BrFN4O2S/c1-26(24,25)21-7-10-3-2-4-22(8-10)16-12-5-13(17)11(15(18)23)6-14(12)19-9-20-16;1-24(22,23)20-7-10-3-2-4-21(8-10)15-11-5-13(17)12(16)6-14(11)18-9-19-15/h5-6,9-10,21H,2-4,7-8H2,1H3,(H2,18,23);5-6,9-10,20H,2-4,7-8H2,1H3. The zero-order valence-corrected chi connectivity index (χ0v) is 30.7. The van der Waals surface area contributed by atoms with Gasteiger partial charge in [0, 0.05) is 50.0 Å². The quantitative estimate of drug-likeness (QED) is 0.226. The predicted octanol–water partition coefficient (Wildman–Crippen LogP) is 2.93. The normalized spacial score (nSPS) is 18.6. The number of hydrogen-bond acceptors (Lipinski definition) is 11. The van der Waals surface area contributed by atoms with Gasteiger partial charge in [-0.1, -0.05) is 0 Å². The maximum atomic E-state index is 14.2. The highest BCUT2D eigenvalue weighted by Gasteiger charge is 2.25. The van der Waals surface area contributed by atoms with Gasteiger partial charge in [-0.15, -0.1) is 0 Å². The minimum Gasteiger partial charge on any atom is -0.366 e. The number of fused-ring (bicyclic) bond motifs is 2. The second-order valence-corrected chi connectivity index (χ2v) is 17.1. The molecule has 2 atom stereocenters. The second kappa shape index (κ2) is 15.7. The Morgan fingerprint density at radius 2 is 1.26 bits per heavy atom. The fraction of sp³-hybridized carbons (Fsp3) is 0.452. The van der Waals surface area contributed by atoms with Gasteiger partial charge < -0.3 is 15.5 Å². The van der Waals surface area contributed by atoms with E-state index in [0.717, 1.165) is 51.3 Å². The van der Waals surface area contributed by atoms with Crippen molar-refractivity contribution in [1.82, 2.24) is 29.4 Å². The Balaban J connectivity index is 0.000000195. The molecule has 0 radical (unpaired) electrons. The summed E-state index contributed by atoms with van der Waals surface area (Å²) in [7, 11) is -6.45. The lowest BCUT2D eigenvalue weighted by atomic mass is 9.98. The van der Waals surface area contributed by atoms with Crippen LogP contribution in [0, 0.1) is 23.5 Å². The molecule has 0 aliphatic carbocycles. The van der Waals surface area contributed by atoms with Crippen LogP contribution in [0.4, 0.5) is 20.4 Å². The van der Waals surface area contributed by atoms with Crippen molar-refractivity contribution in [2.24, 2.45) is 17.6 Å². The van der Waals surface area contributed by atoms with Crippen molar-refractivity contribution in [3.63, 3.8) is 0 Å². The molecule has 2 unspecified atom stereocenters. The van der Waals surface area contributed by atoms with Crippen molar-refractivity contribution >= 4 is 75.3 Å². The molecule has 2 aliphatic heterocycles. The summed E-state index contributed by atoms with van der Waals surface area (Å²) >= 11 is 3.17. The molecular formula is C31H38BrF2N9O5S2. The summed E-state index contributed by atoms with van der Waals surface area (Å²) in [6, 6.07) is 5.63. The van der Waals surface area contributed by atoms with Crippen LogP contribution in [0.15, 0.2) is 41.4 Å². The summed E-state index contributed by atoms with van der Waals surface area (Å²) < 4.78 is 78.7. The van der Waals surface area contributed by atoms with E-state index in [0.29, 0.717) is 64.1 Å². The van der Waals surface area contributed by atoms with E-state index in [2.05, 4.69) is 50.2 Å². The first kappa shape index (κ1) is 37.6. The summed E-state index contributed by atoms with van der Waals surface area (Å²) in [6.07, 6.45) is 8.75. The molecule has 2 aromatic heterocycles. The van der Waals surface area contributed by atoms with Crippen molar-refractivity contribution in [1.29, 1.82) is 0 Å². The number of rotatable bonds is 9. The first-order valence-electron chi connectivity index (χ1n) is 15.8. The van der Waals surface area contributed by atoms with Crippen LogP contribution in [0.1, 0.15) is 36.0 Å². The molecule has 270 valence electrons. The Morgan fingerprint density at radius 3 is 1.72 bits per heavy atom. The number of hydrogen-bond donors (Lipinski definition) is 3. The smallest absolute Gasteiger partial charge is 0.251 e. The van der Waals surface area contributed by atoms with E-state index in [-0.39, 0.29) is 23.2 Å². The summed E-state index contributed by atoms with van der Waals surface area (Å²) in [5.41, 5.74) is 6.08. The van der Waals surface area contributed by atoms with Gasteiger partial charge in [0.2, 0.25) is 20.0 Å². The monoisotopic (exact) mass is 797 g/mol. The van der Waals surface area contributed by atoms with Crippen LogP contribution in [0.2, 0.25) is 0 Å². The van der Waals surface area contributed by atoms with Crippen LogP contribution in [-0.4, -0.2) is 94.5 Å². The Morgan fingerprint density at radius 1 is 0.800 bits per heavy atom. The number of nitrogens with one attached hydrogen (secondary N) is 2. The van der Waals surface area contributed by atoms with Crippen molar-refractivity contribution in [2.45, 2.75) is 25.7 Å². The van der Waals surface area contributed by atoms with E-state index in [1.165, 1.54) is 30.9 Å². The van der Waals surface area contributed by atoms with E-state index in [1.807, 2.05) is 4.90 Å². The summed E-state index contributed by atoms with van der Waals surface area (Å²) in [5.74, 6) is -0.352. The fourth-order valence-electron chi connectivity index (χ4n) is 6.18. The number of primary amides is 1. The van der Waals surface area contributed by atoms with Gasteiger partial charge in [0.05, 0.1) is 33.6 Å². The maximum Gasteiger partial charge on any atom is 0.251 e. The molecule has 2 aromatic carbocycles. The zero-order valence-electron chi connectivity index (χ0n) is 27.4. The Bertz CT molecular complexity index is 2110. The lowest BCUT2D eigenvalue weighted by Gasteiger charge is -2.34. The number of carbonyl (C=O) groups excluding carboxylic acids is 1. The Hall–Kier alpha value is -3.65. The van der Waals surface area contributed by atoms with Gasteiger partial charge in [0.25, 0.3) is 5.91 Å².